The van der Waals surface area contributed by atoms with Crippen LogP contribution in [0.25, 0.3) is 0 Å². The van der Waals surface area contributed by atoms with Gasteiger partial charge in [-0.3, -0.25) is 0 Å². The normalized spacial score (nSPS) is 23.8. The lowest BCUT2D eigenvalue weighted by Gasteiger charge is -2.26. The van der Waals surface area contributed by atoms with E-state index < -0.39 is 0 Å². The third kappa shape index (κ3) is 3.14. The van der Waals surface area contributed by atoms with E-state index in [4.69, 9.17) is 4.74 Å². The standard InChI is InChI=1S/C17H26FNO/c1-4-12-9-10-13(11-12)17(19-5-2)14-7-6-8-15(20-3)16(14)18/h6-8,12-13,17,19H,4-5,9-11H2,1-3H3. The van der Waals surface area contributed by atoms with E-state index in [0.29, 0.717) is 11.7 Å². The van der Waals surface area contributed by atoms with Gasteiger partial charge in [0.1, 0.15) is 0 Å². The Morgan fingerprint density at radius 3 is 2.75 bits per heavy atom. The van der Waals surface area contributed by atoms with Crippen molar-refractivity contribution in [3.8, 4) is 5.75 Å². The van der Waals surface area contributed by atoms with Gasteiger partial charge in [-0.25, -0.2) is 4.39 Å². The molecule has 20 heavy (non-hydrogen) atoms. The van der Waals surface area contributed by atoms with Crippen LogP contribution in [0.4, 0.5) is 4.39 Å². The van der Waals surface area contributed by atoms with Gasteiger partial charge >= 0.3 is 0 Å². The molecule has 1 fully saturated rings. The van der Waals surface area contributed by atoms with E-state index in [-0.39, 0.29) is 11.9 Å². The van der Waals surface area contributed by atoms with Crippen molar-refractivity contribution in [3.63, 3.8) is 0 Å². The molecule has 3 heteroatoms. The molecule has 112 valence electrons. The fourth-order valence-electron chi connectivity index (χ4n) is 3.46. The van der Waals surface area contributed by atoms with E-state index >= 15 is 0 Å². The molecule has 2 rings (SSSR count). The molecule has 1 aliphatic rings. The van der Waals surface area contributed by atoms with E-state index in [1.54, 1.807) is 6.07 Å². The van der Waals surface area contributed by atoms with Crippen LogP contribution in [0.3, 0.4) is 0 Å². The molecule has 1 saturated carbocycles. The van der Waals surface area contributed by atoms with Crippen LogP contribution in [0.5, 0.6) is 5.75 Å². The molecule has 3 atom stereocenters. The van der Waals surface area contributed by atoms with Crippen LogP contribution in [0, 0.1) is 17.7 Å². The molecule has 1 aromatic carbocycles. The number of benzene rings is 1. The van der Waals surface area contributed by atoms with Gasteiger partial charge in [-0.1, -0.05) is 38.8 Å². The largest absolute Gasteiger partial charge is 0.494 e. The maximum absolute atomic E-state index is 14.5. The third-order valence-electron chi connectivity index (χ3n) is 4.60. The van der Waals surface area contributed by atoms with Crippen molar-refractivity contribution in [1.29, 1.82) is 0 Å². The molecule has 1 N–H and O–H groups in total. The molecule has 0 amide bonds. The summed E-state index contributed by atoms with van der Waals surface area (Å²) >= 11 is 0. The minimum Gasteiger partial charge on any atom is -0.494 e. The second kappa shape index (κ2) is 7.07. The summed E-state index contributed by atoms with van der Waals surface area (Å²) in [6.45, 7) is 5.19. The summed E-state index contributed by atoms with van der Waals surface area (Å²) < 4.78 is 19.6. The summed E-state index contributed by atoms with van der Waals surface area (Å²) in [4.78, 5) is 0. The quantitative estimate of drug-likeness (QED) is 0.837. The average molecular weight is 279 g/mol. The summed E-state index contributed by atoms with van der Waals surface area (Å²) in [5.41, 5.74) is 0.757. The van der Waals surface area contributed by atoms with Gasteiger partial charge in [-0.2, -0.15) is 0 Å². The number of ether oxygens (including phenoxy) is 1. The highest BCUT2D eigenvalue weighted by atomic mass is 19.1. The zero-order chi connectivity index (χ0) is 14.5. The fourth-order valence-corrected chi connectivity index (χ4v) is 3.46. The highest BCUT2D eigenvalue weighted by Gasteiger charge is 2.32. The zero-order valence-corrected chi connectivity index (χ0v) is 12.8. The van der Waals surface area contributed by atoms with Crippen molar-refractivity contribution in [2.45, 2.75) is 45.6 Å². The number of nitrogens with one attached hydrogen (secondary N) is 1. The van der Waals surface area contributed by atoms with Gasteiger partial charge in [0.05, 0.1) is 7.11 Å². The number of hydrogen-bond acceptors (Lipinski definition) is 2. The molecule has 0 aromatic heterocycles. The molecular formula is C17H26FNO. The van der Waals surface area contributed by atoms with Crippen molar-refractivity contribution < 1.29 is 9.13 Å². The van der Waals surface area contributed by atoms with Crippen molar-refractivity contribution in [1.82, 2.24) is 5.32 Å². The second-order valence-corrected chi connectivity index (χ2v) is 5.75. The summed E-state index contributed by atoms with van der Waals surface area (Å²) in [6, 6.07) is 5.57. The minimum absolute atomic E-state index is 0.103. The monoisotopic (exact) mass is 279 g/mol. The van der Waals surface area contributed by atoms with Crippen LogP contribution < -0.4 is 10.1 Å². The number of halogens is 1. The smallest absolute Gasteiger partial charge is 0.169 e. The van der Waals surface area contributed by atoms with Gasteiger partial charge < -0.3 is 10.1 Å². The highest BCUT2D eigenvalue weighted by Crippen LogP contribution is 2.41. The maximum atomic E-state index is 14.5. The predicted octanol–water partition coefficient (Wildman–Crippen LogP) is 4.31. The van der Waals surface area contributed by atoms with Crippen molar-refractivity contribution in [3.05, 3.63) is 29.6 Å². The lowest BCUT2D eigenvalue weighted by Crippen LogP contribution is -2.28. The molecule has 0 spiro atoms. The highest BCUT2D eigenvalue weighted by molar-refractivity contribution is 5.33. The number of hydrogen-bond donors (Lipinski definition) is 1. The molecule has 1 aliphatic carbocycles. The van der Waals surface area contributed by atoms with Gasteiger partial charge in [0.15, 0.2) is 11.6 Å². The van der Waals surface area contributed by atoms with Crippen molar-refractivity contribution in [2.24, 2.45) is 11.8 Å². The molecule has 0 heterocycles. The lowest BCUT2D eigenvalue weighted by molar-refractivity contribution is 0.338. The van der Waals surface area contributed by atoms with Crippen molar-refractivity contribution in [2.75, 3.05) is 13.7 Å². The van der Waals surface area contributed by atoms with E-state index in [9.17, 15) is 4.39 Å². The van der Waals surface area contributed by atoms with Crippen LogP contribution >= 0.6 is 0 Å². The Labute approximate surface area is 121 Å². The Morgan fingerprint density at radius 2 is 2.15 bits per heavy atom. The van der Waals surface area contributed by atoms with Crippen LogP contribution in [0.1, 0.15) is 51.1 Å². The average Bonchev–Trinajstić information content (AvgIpc) is 2.94. The molecule has 0 bridgehead atoms. The Morgan fingerprint density at radius 1 is 1.35 bits per heavy atom. The van der Waals surface area contributed by atoms with Crippen molar-refractivity contribution >= 4 is 0 Å². The fraction of sp³-hybridized carbons (Fsp3) is 0.647. The molecule has 0 radical (unpaired) electrons. The first kappa shape index (κ1) is 15.3. The Kier molecular flexibility index (Phi) is 5.41. The van der Waals surface area contributed by atoms with Crippen LogP contribution in [0.15, 0.2) is 18.2 Å². The molecule has 0 saturated heterocycles. The topological polar surface area (TPSA) is 21.3 Å². The summed E-state index contributed by atoms with van der Waals surface area (Å²) in [7, 11) is 1.52. The lowest BCUT2D eigenvalue weighted by atomic mass is 9.90. The van der Waals surface area contributed by atoms with Crippen LogP contribution in [-0.4, -0.2) is 13.7 Å². The van der Waals surface area contributed by atoms with E-state index in [1.807, 2.05) is 12.1 Å². The molecular weight excluding hydrogens is 253 g/mol. The first-order valence-electron chi connectivity index (χ1n) is 7.77. The first-order valence-corrected chi connectivity index (χ1v) is 7.77. The van der Waals surface area contributed by atoms with Crippen LogP contribution in [0.2, 0.25) is 0 Å². The van der Waals surface area contributed by atoms with Gasteiger partial charge in [-0.05, 0) is 37.3 Å². The van der Waals surface area contributed by atoms with E-state index in [2.05, 4.69) is 19.2 Å². The van der Waals surface area contributed by atoms with Crippen LogP contribution in [-0.2, 0) is 0 Å². The Hall–Kier alpha value is -1.09. The number of methoxy groups -OCH3 is 1. The van der Waals surface area contributed by atoms with Gasteiger partial charge in [-0.15, -0.1) is 0 Å². The molecule has 0 aliphatic heterocycles. The van der Waals surface area contributed by atoms with E-state index in [1.165, 1.54) is 32.8 Å². The Bertz CT molecular complexity index is 435. The van der Waals surface area contributed by atoms with E-state index in [0.717, 1.165) is 18.0 Å². The molecule has 1 aromatic rings. The summed E-state index contributed by atoms with van der Waals surface area (Å²) in [5, 5.41) is 3.48. The van der Waals surface area contributed by atoms with Gasteiger partial charge in [0.25, 0.3) is 0 Å². The predicted molar refractivity (Wildman–Crippen MR) is 80.5 cm³/mol. The second-order valence-electron chi connectivity index (χ2n) is 5.75. The molecule has 2 nitrogen and oxygen atoms in total. The van der Waals surface area contributed by atoms with Gasteiger partial charge in [0, 0.05) is 11.6 Å². The third-order valence-corrected chi connectivity index (χ3v) is 4.60. The number of rotatable bonds is 6. The summed E-state index contributed by atoms with van der Waals surface area (Å²) in [6.07, 6.45) is 4.89. The van der Waals surface area contributed by atoms with Gasteiger partial charge in [0.2, 0.25) is 0 Å². The zero-order valence-electron chi connectivity index (χ0n) is 12.8. The first-order chi connectivity index (χ1) is 9.71. The maximum Gasteiger partial charge on any atom is 0.169 e. The molecule has 3 unspecified atom stereocenters. The SMILES string of the molecule is CCNC(c1cccc(OC)c1F)C1CCC(CC)C1. The summed E-state index contributed by atoms with van der Waals surface area (Å²) in [5.74, 6) is 1.47. The minimum atomic E-state index is -0.208. The Balaban J connectivity index is 2.25.